The van der Waals surface area contributed by atoms with Crippen LogP contribution in [0.4, 0.5) is 4.39 Å². The molecule has 0 aliphatic rings. The fourth-order valence-electron chi connectivity index (χ4n) is 2.23. The van der Waals surface area contributed by atoms with E-state index in [1.54, 1.807) is 13.2 Å². The number of para-hydroxylation sites is 1. The quantitative estimate of drug-likeness (QED) is 0.878. The van der Waals surface area contributed by atoms with Crippen LogP contribution in [0.1, 0.15) is 24.1 Å². The lowest BCUT2D eigenvalue weighted by molar-refractivity contribution is 0.404. The Morgan fingerprint density at radius 2 is 1.95 bits per heavy atom. The number of nitrogens with one attached hydrogen (secondary N) is 1. The fourth-order valence-corrected chi connectivity index (χ4v) is 2.81. The molecular formula is C16H17BrFNO. The standard InChI is InChI=1S/C16H17BrFNO/c1-3-19-16(12-9-8-11(18)10-14(12)17)13-6-4-5-7-15(13)20-2/h4-10,16,19H,3H2,1-2H3. The zero-order valence-electron chi connectivity index (χ0n) is 11.5. The van der Waals surface area contributed by atoms with Gasteiger partial charge in [0.2, 0.25) is 0 Å². The lowest BCUT2D eigenvalue weighted by atomic mass is 9.97. The van der Waals surface area contributed by atoms with E-state index in [4.69, 9.17) is 4.74 Å². The summed E-state index contributed by atoms with van der Waals surface area (Å²) in [5.74, 6) is 0.561. The number of hydrogen-bond acceptors (Lipinski definition) is 2. The molecule has 0 saturated heterocycles. The maximum atomic E-state index is 13.3. The van der Waals surface area contributed by atoms with Crippen LogP contribution in [-0.2, 0) is 0 Å². The van der Waals surface area contributed by atoms with Crippen molar-refractivity contribution in [3.8, 4) is 5.75 Å². The molecule has 2 rings (SSSR count). The summed E-state index contributed by atoms with van der Waals surface area (Å²) in [6, 6.07) is 12.5. The Balaban J connectivity index is 2.50. The summed E-state index contributed by atoms with van der Waals surface area (Å²) in [6.07, 6.45) is 0. The lowest BCUT2D eigenvalue weighted by Crippen LogP contribution is -2.23. The van der Waals surface area contributed by atoms with Crippen LogP contribution >= 0.6 is 15.9 Å². The average molecular weight is 338 g/mol. The molecule has 0 bridgehead atoms. The Labute approximate surface area is 127 Å². The minimum Gasteiger partial charge on any atom is -0.496 e. The third kappa shape index (κ3) is 3.19. The summed E-state index contributed by atoms with van der Waals surface area (Å²) in [5, 5.41) is 3.42. The lowest BCUT2D eigenvalue weighted by Gasteiger charge is -2.22. The number of benzene rings is 2. The Bertz CT molecular complexity index is 588. The first-order valence-corrected chi connectivity index (χ1v) is 7.28. The van der Waals surface area contributed by atoms with E-state index in [1.165, 1.54) is 12.1 Å². The third-order valence-corrected chi connectivity index (χ3v) is 3.82. The highest BCUT2D eigenvalue weighted by molar-refractivity contribution is 9.10. The van der Waals surface area contributed by atoms with Crippen molar-refractivity contribution < 1.29 is 9.13 Å². The second-order valence-corrected chi connectivity index (χ2v) is 5.25. The van der Waals surface area contributed by atoms with Gasteiger partial charge in [-0.05, 0) is 30.3 Å². The summed E-state index contributed by atoms with van der Waals surface area (Å²) >= 11 is 3.44. The zero-order chi connectivity index (χ0) is 14.5. The molecule has 2 aromatic rings. The van der Waals surface area contributed by atoms with Crippen molar-refractivity contribution in [2.24, 2.45) is 0 Å². The Hall–Kier alpha value is -1.39. The van der Waals surface area contributed by atoms with Crippen LogP contribution in [0.25, 0.3) is 0 Å². The van der Waals surface area contributed by atoms with Gasteiger partial charge in [0.25, 0.3) is 0 Å². The maximum absolute atomic E-state index is 13.3. The molecule has 1 N–H and O–H groups in total. The van der Waals surface area contributed by atoms with Gasteiger partial charge in [0.15, 0.2) is 0 Å². The average Bonchev–Trinajstić information content (AvgIpc) is 2.45. The van der Waals surface area contributed by atoms with Gasteiger partial charge in [-0.2, -0.15) is 0 Å². The van der Waals surface area contributed by atoms with Crippen LogP contribution in [0, 0.1) is 5.82 Å². The largest absolute Gasteiger partial charge is 0.496 e. The molecule has 0 aromatic heterocycles. The maximum Gasteiger partial charge on any atom is 0.124 e. The predicted octanol–water partition coefficient (Wildman–Crippen LogP) is 4.30. The zero-order valence-corrected chi connectivity index (χ0v) is 13.1. The van der Waals surface area contributed by atoms with Gasteiger partial charge >= 0.3 is 0 Å². The first-order chi connectivity index (χ1) is 9.67. The van der Waals surface area contributed by atoms with Gasteiger partial charge in [-0.1, -0.05) is 47.1 Å². The molecule has 0 aliphatic heterocycles. The van der Waals surface area contributed by atoms with E-state index in [0.29, 0.717) is 0 Å². The van der Waals surface area contributed by atoms with Crippen LogP contribution < -0.4 is 10.1 Å². The number of rotatable bonds is 5. The number of halogens is 2. The SMILES string of the molecule is CCNC(c1ccc(F)cc1Br)c1ccccc1OC. The van der Waals surface area contributed by atoms with Crippen molar-refractivity contribution in [1.82, 2.24) is 5.32 Å². The van der Waals surface area contributed by atoms with Gasteiger partial charge in [-0.15, -0.1) is 0 Å². The second kappa shape index (κ2) is 6.86. The van der Waals surface area contributed by atoms with Gasteiger partial charge in [-0.25, -0.2) is 4.39 Å². The van der Waals surface area contributed by atoms with Crippen molar-refractivity contribution in [1.29, 1.82) is 0 Å². The van der Waals surface area contributed by atoms with E-state index in [0.717, 1.165) is 27.9 Å². The number of methoxy groups -OCH3 is 1. The Morgan fingerprint density at radius 1 is 1.20 bits per heavy atom. The highest BCUT2D eigenvalue weighted by Gasteiger charge is 2.19. The molecule has 2 aromatic carbocycles. The Kier molecular flexibility index (Phi) is 5.15. The smallest absolute Gasteiger partial charge is 0.124 e. The first kappa shape index (κ1) is 15.0. The fraction of sp³-hybridized carbons (Fsp3) is 0.250. The number of ether oxygens (including phenoxy) is 1. The van der Waals surface area contributed by atoms with E-state index < -0.39 is 0 Å². The van der Waals surface area contributed by atoms with E-state index in [1.807, 2.05) is 31.2 Å². The summed E-state index contributed by atoms with van der Waals surface area (Å²) in [4.78, 5) is 0. The predicted molar refractivity (Wildman–Crippen MR) is 82.6 cm³/mol. The van der Waals surface area contributed by atoms with Gasteiger partial charge in [-0.3, -0.25) is 0 Å². The van der Waals surface area contributed by atoms with E-state index in [9.17, 15) is 4.39 Å². The van der Waals surface area contributed by atoms with Gasteiger partial charge < -0.3 is 10.1 Å². The molecule has 0 spiro atoms. The van der Waals surface area contributed by atoms with E-state index in [-0.39, 0.29) is 11.9 Å². The highest BCUT2D eigenvalue weighted by Crippen LogP contribution is 2.33. The highest BCUT2D eigenvalue weighted by atomic mass is 79.9. The molecule has 0 heterocycles. The van der Waals surface area contributed by atoms with Crippen LogP contribution in [0.15, 0.2) is 46.9 Å². The van der Waals surface area contributed by atoms with E-state index in [2.05, 4.69) is 21.2 Å². The molecule has 1 unspecified atom stereocenters. The second-order valence-electron chi connectivity index (χ2n) is 4.40. The molecule has 1 atom stereocenters. The van der Waals surface area contributed by atoms with Gasteiger partial charge in [0.1, 0.15) is 11.6 Å². The minimum absolute atomic E-state index is 0.0499. The molecule has 0 saturated carbocycles. The summed E-state index contributed by atoms with van der Waals surface area (Å²) in [7, 11) is 1.65. The van der Waals surface area contributed by atoms with Crippen LogP contribution in [0.5, 0.6) is 5.75 Å². The molecule has 106 valence electrons. The topological polar surface area (TPSA) is 21.3 Å². The van der Waals surface area contributed by atoms with Gasteiger partial charge in [0, 0.05) is 10.0 Å². The van der Waals surface area contributed by atoms with Crippen LogP contribution in [-0.4, -0.2) is 13.7 Å². The molecule has 0 amide bonds. The third-order valence-electron chi connectivity index (χ3n) is 3.13. The van der Waals surface area contributed by atoms with Crippen LogP contribution in [0.2, 0.25) is 0 Å². The monoisotopic (exact) mass is 337 g/mol. The Morgan fingerprint density at radius 3 is 2.60 bits per heavy atom. The summed E-state index contributed by atoms with van der Waals surface area (Å²) in [5.41, 5.74) is 2.02. The molecule has 0 radical (unpaired) electrons. The van der Waals surface area contributed by atoms with Crippen molar-refractivity contribution in [3.63, 3.8) is 0 Å². The summed E-state index contributed by atoms with van der Waals surface area (Å²) in [6.45, 7) is 2.84. The van der Waals surface area contributed by atoms with Crippen molar-refractivity contribution >= 4 is 15.9 Å². The van der Waals surface area contributed by atoms with Crippen LogP contribution in [0.3, 0.4) is 0 Å². The molecule has 2 nitrogen and oxygen atoms in total. The first-order valence-electron chi connectivity index (χ1n) is 6.48. The van der Waals surface area contributed by atoms with E-state index >= 15 is 0 Å². The molecule has 0 fully saturated rings. The molecule has 20 heavy (non-hydrogen) atoms. The van der Waals surface area contributed by atoms with Crippen molar-refractivity contribution in [3.05, 3.63) is 63.9 Å². The van der Waals surface area contributed by atoms with Crippen molar-refractivity contribution in [2.75, 3.05) is 13.7 Å². The van der Waals surface area contributed by atoms with Gasteiger partial charge in [0.05, 0.1) is 13.2 Å². The van der Waals surface area contributed by atoms with Crippen molar-refractivity contribution in [2.45, 2.75) is 13.0 Å². The normalized spacial score (nSPS) is 12.2. The molecule has 4 heteroatoms. The number of hydrogen-bond donors (Lipinski definition) is 1. The molecular weight excluding hydrogens is 321 g/mol. The minimum atomic E-state index is -0.254. The molecule has 0 aliphatic carbocycles. The summed E-state index contributed by atoms with van der Waals surface area (Å²) < 4.78 is 19.4.